The van der Waals surface area contributed by atoms with Crippen molar-refractivity contribution in [1.82, 2.24) is 4.98 Å². The second kappa shape index (κ2) is 7.63. The zero-order chi connectivity index (χ0) is 21.4. The molecule has 0 fully saturated rings. The van der Waals surface area contributed by atoms with Crippen molar-refractivity contribution in [3.8, 4) is 11.3 Å². The Labute approximate surface area is 170 Å². The van der Waals surface area contributed by atoms with E-state index in [-0.39, 0.29) is 5.41 Å². The molecule has 0 saturated carbocycles. The number of nitrogens with zero attached hydrogens (tertiary/aromatic N) is 1. The topological polar surface area (TPSA) is 12.9 Å². The van der Waals surface area contributed by atoms with Crippen LogP contribution in [0.4, 0.5) is 0 Å². The molecule has 2 heteroatoms. The van der Waals surface area contributed by atoms with Crippen LogP contribution < -0.4 is 4.40 Å². The van der Waals surface area contributed by atoms with Crippen LogP contribution in [-0.4, -0.2) is 18.3 Å². The summed E-state index contributed by atoms with van der Waals surface area (Å²) in [7, 11) is 0. The van der Waals surface area contributed by atoms with Crippen LogP contribution in [0, 0.1) is 0 Å². The molecule has 0 bridgehead atoms. The fraction of sp³-hybridized carbons (Fsp3) is 0.320. The van der Waals surface area contributed by atoms with Crippen molar-refractivity contribution in [2.45, 2.75) is 49.8 Å². The van der Waals surface area contributed by atoms with E-state index in [1.165, 1.54) is 5.56 Å². The molecule has 3 aromatic rings. The summed E-state index contributed by atoms with van der Waals surface area (Å²) in [6, 6.07) is 19.9. The van der Waals surface area contributed by atoms with Crippen molar-refractivity contribution in [1.29, 1.82) is 0 Å². The molecule has 1 nitrogen and oxygen atoms in total. The van der Waals surface area contributed by atoms with Crippen LogP contribution in [0.15, 0.2) is 66.9 Å². The van der Waals surface area contributed by atoms with Gasteiger partial charge in [-0.05, 0) is 0 Å². The second-order valence-corrected chi connectivity index (χ2v) is 19.8. The Morgan fingerprint density at radius 3 is 2.26 bits per heavy atom. The van der Waals surface area contributed by atoms with Crippen LogP contribution in [0.25, 0.3) is 11.3 Å². The van der Waals surface area contributed by atoms with Crippen LogP contribution >= 0.6 is 0 Å². The summed E-state index contributed by atoms with van der Waals surface area (Å²) in [6.45, 7) is 6.61. The average molecular weight is 420 g/mol. The molecule has 0 amide bonds. The summed E-state index contributed by atoms with van der Waals surface area (Å²) in [5.74, 6) is 6.88. The van der Waals surface area contributed by atoms with Crippen LogP contribution in [0.3, 0.4) is 0 Å². The van der Waals surface area contributed by atoms with Crippen molar-refractivity contribution in [3.05, 3.63) is 83.6 Å². The molecule has 0 radical (unpaired) electrons. The Bertz CT molecular complexity index is 999. The first kappa shape index (κ1) is 17.2. The Morgan fingerprint density at radius 1 is 0.926 bits per heavy atom. The van der Waals surface area contributed by atoms with Gasteiger partial charge in [-0.15, -0.1) is 0 Å². The molecule has 0 aliphatic rings. The van der Waals surface area contributed by atoms with Gasteiger partial charge in [-0.2, -0.15) is 0 Å². The first-order valence-electron chi connectivity index (χ1n) is 10.6. The summed E-state index contributed by atoms with van der Waals surface area (Å²) in [5, 5.41) is 0. The van der Waals surface area contributed by atoms with Crippen molar-refractivity contribution in [3.63, 3.8) is 0 Å². The molecule has 0 unspecified atom stereocenters. The first-order valence-corrected chi connectivity index (χ1v) is 16.9. The first-order chi connectivity index (χ1) is 13.4. The van der Waals surface area contributed by atoms with Crippen molar-refractivity contribution in [2.24, 2.45) is 0 Å². The number of aromatic nitrogens is 1. The van der Waals surface area contributed by atoms with E-state index in [0.717, 1.165) is 21.2 Å². The molecule has 140 valence electrons. The summed E-state index contributed by atoms with van der Waals surface area (Å²) in [6.07, 6.45) is 0.379. The number of rotatable bonds is 4. The van der Waals surface area contributed by atoms with Crippen LogP contribution in [0.5, 0.6) is 0 Å². The van der Waals surface area contributed by atoms with E-state index in [1.807, 2.05) is 42.6 Å². The standard InChI is InChI=1S/C25H31GeN/c1-25(2,3)22-14-10-13-20(16-22)24-17-21(15-19-11-8-7-9-12-19)23(18-27-24)26(4,5)6/h7-14,16-18H,15H2,1-6H3/i15D2. The molecule has 3 rings (SSSR count). The van der Waals surface area contributed by atoms with E-state index in [0.29, 0.717) is 5.56 Å². The maximum atomic E-state index is 9.00. The molecule has 2 aromatic carbocycles. The van der Waals surface area contributed by atoms with Gasteiger partial charge in [0.25, 0.3) is 0 Å². The van der Waals surface area contributed by atoms with Crippen LogP contribution in [0.2, 0.25) is 17.3 Å². The van der Waals surface area contributed by atoms with E-state index in [1.54, 1.807) is 0 Å². The van der Waals surface area contributed by atoms with Gasteiger partial charge in [0.15, 0.2) is 0 Å². The molecular formula is C25H31GeN. The minimum absolute atomic E-state index is 0.0537. The van der Waals surface area contributed by atoms with E-state index < -0.39 is 19.6 Å². The quantitative estimate of drug-likeness (QED) is 0.460. The number of pyridine rings is 1. The Balaban J connectivity index is 2.20. The third-order valence-electron chi connectivity index (χ3n) is 4.79. The van der Waals surface area contributed by atoms with E-state index in [9.17, 15) is 0 Å². The normalized spacial score (nSPS) is 13.9. The minimum atomic E-state index is -2.34. The molecule has 0 aliphatic heterocycles. The third kappa shape index (κ3) is 4.90. The van der Waals surface area contributed by atoms with Crippen molar-refractivity contribution >= 4 is 17.7 Å². The van der Waals surface area contributed by atoms with Crippen LogP contribution in [0.1, 0.15) is 40.2 Å². The van der Waals surface area contributed by atoms with E-state index in [2.05, 4.69) is 62.3 Å². The van der Waals surface area contributed by atoms with Gasteiger partial charge in [-0.3, -0.25) is 0 Å². The van der Waals surface area contributed by atoms with E-state index >= 15 is 0 Å². The molecule has 0 saturated heterocycles. The summed E-state index contributed by atoms with van der Waals surface area (Å²) in [4.78, 5) is 4.79. The van der Waals surface area contributed by atoms with E-state index in [4.69, 9.17) is 7.73 Å². The Morgan fingerprint density at radius 2 is 1.63 bits per heavy atom. The zero-order valence-electron chi connectivity index (χ0n) is 19.3. The molecule has 0 atom stereocenters. The summed E-state index contributed by atoms with van der Waals surface area (Å²) < 4.78 is 19.1. The van der Waals surface area contributed by atoms with Gasteiger partial charge in [-0.1, -0.05) is 0 Å². The fourth-order valence-corrected chi connectivity index (χ4v) is 6.06. The van der Waals surface area contributed by atoms with Gasteiger partial charge < -0.3 is 0 Å². The number of hydrogen-bond acceptors (Lipinski definition) is 1. The molecule has 0 aliphatic carbocycles. The molecule has 27 heavy (non-hydrogen) atoms. The van der Waals surface area contributed by atoms with Crippen molar-refractivity contribution in [2.75, 3.05) is 0 Å². The van der Waals surface area contributed by atoms with Gasteiger partial charge in [0.05, 0.1) is 0 Å². The number of benzene rings is 2. The maximum absolute atomic E-state index is 9.00. The average Bonchev–Trinajstić information content (AvgIpc) is 2.67. The van der Waals surface area contributed by atoms with Gasteiger partial charge in [0.2, 0.25) is 0 Å². The second-order valence-electron chi connectivity index (χ2n) is 9.19. The predicted octanol–water partition coefficient (Wildman–Crippen LogP) is 6.18. The van der Waals surface area contributed by atoms with Gasteiger partial charge in [-0.25, -0.2) is 0 Å². The molecule has 1 aromatic heterocycles. The summed E-state index contributed by atoms with van der Waals surface area (Å²) in [5.41, 5.74) is 4.63. The monoisotopic (exact) mass is 421 g/mol. The zero-order valence-corrected chi connectivity index (χ0v) is 19.4. The van der Waals surface area contributed by atoms with Crippen LogP contribution in [-0.2, 0) is 11.8 Å². The van der Waals surface area contributed by atoms with Gasteiger partial charge >= 0.3 is 170 Å². The van der Waals surface area contributed by atoms with Crippen molar-refractivity contribution < 1.29 is 2.74 Å². The third-order valence-corrected chi connectivity index (χ3v) is 9.02. The molecule has 0 N–H and O–H groups in total. The molecule has 0 spiro atoms. The number of hydrogen-bond donors (Lipinski definition) is 0. The van der Waals surface area contributed by atoms with Gasteiger partial charge in [0, 0.05) is 0 Å². The fourth-order valence-electron chi connectivity index (χ4n) is 3.14. The SMILES string of the molecule is [2H]C([2H])(c1ccccc1)c1cc(-c2cccc(C(C)(C)C)c2)nc[c]1[Ge]([CH3])([CH3])[CH3]. The molecule has 1 heterocycles. The predicted molar refractivity (Wildman–Crippen MR) is 121 cm³/mol. The Kier molecular flexibility index (Phi) is 4.88. The molecular weight excluding hydrogens is 387 g/mol. The summed E-state index contributed by atoms with van der Waals surface area (Å²) >= 11 is -2.34. The van der Waals surface area contributed by atoms with Gasteiger partial charge in [0.1, 0.15) is 0 Å². The Hall–Kier alpha value is -1.87.